The van der Waals surface area contributed by atoms with E-state index < -0.39 is 0 Å². The van der Waals surface area contributed by atoms with Crippen LogP contribution in [0.1, 0.15) is 50.5 Å². The SMILES string of the molecule is CCC1CCC(c2ccc(-c3cnc4c(c3)OCCN4C(=O)Nc3ccccc3)cc2)CC1. The van der Waals surface area contributed by atoms with E-state index in [1.165, 1.54) is 37.7 Å². The molecule has 1 aliphatic heterocycles. The van der Waals surface area contributed by atoms with Crippen LogP contribution in [0, 0.1) is 5.92 Å². The summed E-state index contributed by atoms with van der Waals surface area (Å²) in [5.41, 5.74) is 4.32. The summed E-state index contributed by atoms with van der Waals surface area (Å²) < 4.78 is 5.87. The molecule has 1 fully saturated rings. The van der Waals surface area contributed by atoms with Crippen molar-refractivity contribution in [3.8, 4) is 16.9 Å². The largest absolute Gasteiger partial charge is 0.488 e. The van der Waals surface area contributed by atoms with E-state index in [9.17, 15) is 4.79 Å². The molecule has 5 heteroatoms. The zero-order valence-electron chi connectivity index (χ0n) is 19.2. The molecule has 5 rings (SSSR count). The van der Waals surface area contributed by atoms with Gasteiger partial charge >= 0.3 is 6.03 Å². The number of hydrogen-bond donors (Lipinski definition) is 1. The Morgan fingerprint density at radius 1 is 1.03 bits per heavy atom. The highest BCUT2D eigenvalue weighted by molar-refractivity contribution is 6.02. The van der Waals surface area contributed by atoms with Gasteiger partial charge in [-0.3, -0.25) is 4.90 Å². The molecule has 3 aromatic rings. The van der Waals surface area contributed by atoms with Crippen molar-refractivity contribution < 1.29 is 9.53 Å². The average Bonchev–Trinajstić information content (AvgIpc) is 2.89. The fourth-order valence-electron chi connectivity index (χ4n) is 5.02. The highest BCUT2D eigenvalue weighted by atomic mass is 16.5. The molecule has 33 heavy (non-hydrogen) atoms. The van der Waals surface area contributed by atoms with Crippen molar-refractivity contribution in [2.24, 2.45) is 5.92 Å². The van der Waals surface area contributed by atoms with Gasteiger partial charge in [-0.25, -0.2) is 9.78 Å². The molecule has 1 saturated carbocycles. The molecule has 1 aliphatic carbocycles. The second-order valence-electron chi connectivity index (χ2n) is 9.09. The number of amides is 2. The van der Waals surface area contributed by atoms with Crippen molar-refractivity contribution in [2.45, 2.75) is 44.9 Å². The summed E-state index contributed by atoms with van der Waals surface area (Å²) in [5, 5.41) is 2.93. The third-order valence-corrected chi connectivity index (χ3v) is 7.07. The molecule has 0 spiro atoms. The fourth-order valence-corrected chi connectivity index (χ4v) is 5.02. The molecule has 0 unspecified atom stereocenters. The number of urea groups is 1. The molecule has 5 nitrogen and oxygen atoms in total. The first-order valence-corrected chi connectivity index (χ1v) is 12.1. The van der Waals surface area contributed by atoms with Gasteiger partial charge in [-0.1, -0.05) is 55.8 Å². The second-order valence-corrected chi connectivity index (χ2v) is 9.09. The van der Waals surface area contributed by atoms with E-state index in [1.807, 2.05) is 42.6 Å². The van der Waals surface area contributed by atoms with E-state index in [0.29, 0.717) is 30.6 Å². The molecule has 1 aromatic heterocycles. The number of anilines is 2. The van der Waals surface area contributed by atoms with E-state index in [2.05, 4.69) is 41.5 Å². The van der Waals surface area contributed by atoms with E-state index >= 15 is 0 Å². The van der Waals surface area contributed by atoms with Crippen LogP contribution in [0.25, 0.3) is 11.1 Å². The lowest BCUT2D eigenvalue weighted by molar-refractivity contribution is 0.249. The molecule has 0 saturated heterocycles. The summed E-state index contributed by atoms with van der Waals surface area (Å²) in [6.07, 6.45) is 8.44. The summed E-state index contributed by atoms with van der Waals surface area (Å²) in [6, 6.07) is 20.2. The van der Waals surface area contributed by atoms with Crippen molar-refractivity contribution in [3.63, 3.8) is 0 Å². The Bertz CT molecular complexity index is 1090. The summed E-state index contributed by atoms with van der Waals surface area (Å²) >= 11 is 0. The van der Waals surface area contributed by atoms with E-state index in [1.54, 1.807) is 4.90 Å². The minimum atomic E-state index is -0.201. The van der Waals surface area contributed by atoms with Crippen LogP contribution in [0.5, 0.6) is 5.75 Å². The zero-order chi connectivity index (χ0) is 22.6. The molecule has 0 radical (unpaired) electrons. The lowest BCUT2D eigenvalue weighted by Crippen LogP contribution is -2.41. The fraction of sp³-hybridized carbons (Fsp3) is 0.357. The van der Waals surface area contributed by atoms with E-state index in [0.717, 1.165) is 22.7 Å². The minimum Gasteiger partial charge on any atom is -0.488 e. The normalized spacial score (nSPS) is 20.0. The molecule has 0 bridgehead atoms. The molecule has 2 aliphatic rings. The molecule has 2 heterocycles. The third-order valence-electron chi connectivity index (χ3n) is 7.07. The van der Waals surface area contributed by atoms with Crippen molar-refractivity contribution in [1.82, 2.24) is 4.98 Å². The number of nitrogens with zero attached hydrogens (tertiary/aromatic N) is 2. The van der Waals surface area contributed by atoms with Gasteiger partial charge in [0.2, 0.25) is 0 Å². The van der Waals surface area contributed by atoms with Gasteiger partial charge in [-0.05, 0) is 66.8 Å². The number of para-hydroxylation sites is 1. The first kappa shape index (κ1) is 21.5. The van der Waals surface area contributed by atoms with Gasteiger partial charge in [0.05, 0.1) is 6.54 Å². The van der Waals surface area contributed by atoms with Crippen molar-refractivity contribution in [3.05, 3.63) is 72.4 Å². The van der Waals surface area contributed by atoms with Gasteiger partial charge in [0.1, 0.15) is 6.61 Å². The standard InChI is InChI=1S/C28H31N3O2/c1-2-20-8-10-21(11-9-20)22-12-14-23(15-13-22)24-18-26-27(29-19-24)31(16-17-33-26)28(32)30-25-6-4-3-5-7-25/h3-7,12-15,18-21H,2,8-11,16-17H2,1H3,(H,30,32). The molecule has 0 atom stereocenters. The summed E-state index contributed by atoms with van der Waals surface area (Å²) in [7, 11) is 0. The van der Waals surface area contributed by atoms with Gasteiger partial charge < -0.3 is 10.1 Å². The second kappa shape index (κ2) is 9.65. The quantitative estimate of drug-likeness (QED) is 0.481. The predicted octanol–water partition coefficient (Wildman–Crippen LogP) is 6.86. The molecule has 2 amide bonds. The number of carbonyl (C=O) groups is 1. The summed E-state index contributed by atoms with van der Waals surface area (Å²) in [5.74, 6) is 2.80. The van der Waals surface area contributed by atoms with E-state index in [-0.39, 0.29) is 6.03 Å². The van der Waals surface area contributed by atoms with Gasteiger partial charge in [0.25, 0.3) is 0 Å². The van der Waals surface area contributed by atoms with Gasteiger partial charge in [0.15, 0.2) is 11.6 Å². The van der Waals surface area contributed by atoms with Crippen LogP contribution in [0.3, 0.4) is 0 Å². The van der Waals surface area contributed by atoms with Crippen LogP contribution in [0.4, 0.5) is 16.3 Å². The first-order chi connectivity index (χ1) is 16.2. The maximum atomic E-state index is 12.8. The van der Waals surface area contributed by atoms with Crippen molar-refractivity contribution in [2.75, 3.05) is 23.4 Å². The number of rotatable bonds is 4. The Morgan fingerprint density at radius 2 is 1.79 bits per heavy atom. The maximum absolute atomic E-state index is 12.8. The molecule has 2 aromatic carbocycles. The zero-order valence-corrected chi connectivity index (χ0v) is 19.2. The van der Waals surface area contributed by atoms with Crippen LogP contribution in [0.2, 0.25) is 0 Å². The van der Waals surface area contributed by atoms with Gasteiger partial charge in [-0.15, -0.1) is 0 Å². The Hall–Kier alpha value is -3.34. The number of aromatic nitrogens is 1. The number of hydrogen-bond acceptors (Lipinski definition) is 3. The summed E-state index contributed by atoms with van der Waals surface area (Å²) in [6.45, 7) is 3.22. The molecular formula is C28H31N3O2. The third kappa shape index (κ3) is 4.72. The van der Waals surface area contributed by atoms with Crippen molar-refractivity contribution in [1.29, 1.82) is 0 Å². The Morgan fingerprint density at radius 3 is 2.52 bits per heavy atom. The highest BCUT2D eigenvalue weighted by Gasteiger charge is 2.26. The van der Waals surface area contributed by atoms with E-state index in [4.69, 9.17) is 4.74 Å². The Kier molecular flexibility index (Phi) is 6.29. The topological polar surface area (TPSA) is 54.5 Å². The van der Waals surface area contributed by atoms with Crippen LogP contribution in [-0.2, 0) is 0 Å². The maximum Gasteiger partial charge on any atom is 0.327 e. The average molecular weight is 442 g/mol. The monoisotopic (exact) mass is 441 g/mol. The Balaban J connectivity index is 1.30. The summed E-state index contributed by atoms with van der Waals surface area (Å²) in [4.78, 5) is 19.1. The van der Waals surface area contributed by atoms with Gasteiger partial charge in [0, 0.05) is 17.4 Å². The number of fused-ring (bicyclic) bond motifs is 1. The van der Waals surface area contributed by atoms with Crippen LogP contribution in [0.15, 0.2) is 66.9 Å². The smallest absolute Gasteiger partial charge is 0.327 e. The Labute approximate surface area is 195 Å². The predicted molar refractivity (Wildman–Crippen MR) is 133 cm³/mol. The number of nitrogens with one attached hydrogen (secondary N) is 1. The van der Waals surface area contributed by atoms with Crippen LogP contribution < -0.4 is 15.0 Å². The molecule has 1 N–H and O–H groups in total. The number of carbonyl (C=O) groups excluding carboxylic acids is 1. The lowest BCUT2D eigenvalue weighted by atomic mass is 9.78. The lowest BCUT2D eigenvalue weighted by Gasteiger charge is -2.29. The van der Waals surface area contributed by atoms with Crippen molar-refractivity contribution >= 4 is 17.5 Å². The highest BCUT2D eigenvalue weighted by Crippen LogP contribution is 2.38. The number of benzene rings is 2. The van der Waals surface area contributed by atoms with Gasteiger partial charge in [-0.2, -0.15) is 0 Å². The molecular weight excluding hydrogens is 410 g/mol. The molecule has 170 valence electrons. The number of pyridine rings is 1. The minimum absolute atomic E-state index is 0.201. The first-order valence-electron chi connectivity index (χ1n) is 12.1. The number of ether oxygens (including phenoxy) is 1. The van der Waals surface area contributed by atoms with Crippen LogP contribution in [-0.4, -0.2) is 24.2 Å². The van der Waals surface area contributed by atoms with Crippen LogP contribution >= 0.6 is 0 Å².